The molecule has 0 unspecified atom stereocenters. The van der Waals surface area contributed by atoms with Crippen LogP contribution in [0.25, 0.3) is 16.9 Å². The predicted octanol–water partition coefficient (Wildman–Crippen LogP) is 4.92. The van der Waals surface area contributed by atoms with Crippen LogP contribution in [0.2, 0.25) is 5.02 Å². The van der Waals surface area contributed by atoms with E-state index in [1.54, 1.807) is 29.7 Å². The van der Waals surface area contributed by atoms with Gasteiger partial charge in [0.25, 0.3) is 5.91 Å². The zero-order chi connectivity index (χ0) is 31.9. The second-order valence-electron chi connectivity index (χ2n) is 11.8. The Morgan fingerprint density at radius 1 is 1.18 bits per heavy atom. The molecule has 2 aliphatic rings. The molecule has 0 saturated heterocycles. The third-order valence-electron chi connectivity index (χ3n) is 8.65. The molecule has 2 saturated carbocycles. The van der Waals surface area contributed by atoms with Crippen molar-refractivity contribution in [3.63, 3.8) is 0 Å². The number of aromatic nitrogens is 3. The maximum Gasteiger partial charge on any atom is 0.253 e. The highest BCUT2D eigenvalue weighted by atomic mass is 35.5. The maximum atomic E-state index is 14.1. The molecule has 4 N–H and O–H groups in total. The molecule has 2 aliphatic carbocycles. The van der Waals surface area contributed by atoms with Crippen molar-refractivity contribution in [1.82, 2.24) is 19.7 Å². The van der Waals surface area contributed by atoms with E-state index in [-0.39, 0.29) is 47.7 Å². The van der Waals surface area contributed by atoms with Crippen LogP contribution in [0.1, 0.15) is 72.3 Å². The number of methoxy groups -OCH3 is 1. The van der Waals surface area contributed by atoms with E-state index < -0.39 is 23.2 Å². The number of primary amides is 1. The molecule has 0 aliphatic heterocycles. The molecular formula is C33H35ClFN5O5. The summed E-state index contributed by atoms with van der Waals surface area (Å²) in [6.45, 7) is 1.88. The van der Waals surface area contributed by atoms with Crippen molar-refractivity contribution in [3.8, 4) is 22.8 Å². The lowest BCUT2D eigenvalue weighted by atomic mass is 9.70. The molecular weight excluding hydrogens is 601 g/mol. The summed E-state index contributed by atoms with van der Waals surface area (Å²) in [7, 11) is 1.53. The number of carbonyl (C=O) groups is 2. The first-order valence-electron chi connectivity index (χ1n) is 15.1. The normalized spacial score (nSPS) is 16.2. The largest absolute Gasteiger partial charge is 0.493 e. The number of aliphatic hydroxyl groups is 1. The van der Waals surface area contributed by atoms with Crippen molar-refractivity contribution in [2.24, 2.45) is 11.7 Å². The van der Waals surface area contributed by atoms with Crippen LogP contribution in [-0.4, -0.2) is 51.6 Å². The molecule has 0 bridgehead atoms. The Kier molecular flexibility index (Phi) is 8.41. The molecule has 3 aromatic heterocycles. The summed E-state index contributed by atoms with van der Waals surface area (Å²) in [4.78, 5) is 35.2. The van der Waals surface area contributed by atoms with Gasteiger partial charge in [0.2, 0.25) is 5.91 Å². The van der Waals surface area contributed by atoms with Gasteiger partial charge in [0, 0.05) is 29.4 Å². The quantitative estimate of drug-likeness (QED) is 0.201. The van der Waals surface area contributed by atoms with E-state index in [1.165, 1.54) is 25.3 Å². The third kappa shape index (κ3) is 6.06. The van der Waals surface area contributed by atoms with Crippen LogP contribution in [-0.2, 0) is 16.8 Å². The lowest BCUT2D eigenvalue weighted by Gasteiger charge is -2.41. The summed E-state index contributed by atoms with van der Waals surface area (Å²) in [6.07, 6.45) is 7.95. The number of hydrogen-bond acceptors (Lipinski definition) is 7. The van der Waals surface area contributed by atoms with Crippen LogP contribution in [0.4, 0.5) is 4.39 Å². The van der Waals surface area contributed by atoms with Gasteiger partial charge in [-0.25, -0.2) is 14.4 Å². The van der Waals surface area contributed by atoms with E-state index in [0.717, 1.165) is 25.0 Å². The summed E-state index contributed by atoms with van der Waals surface area (Å²) in [5.74, 6) is -0.657. The number of fused-ring (bicyclic) bond motifs is 1. The average molecular weight is 636 g/mol. The third-order valence-corrected chi connectivity index (χ3v) is 8.94. The SMILES string of the molecule is CCOc1c(CC(N)=O)cc([C@@](O)(CNC(=O)c2cc(OC)c3nc(C4CC4)cn3c2)C2CCC2)nc1-c1ccc(F)c(Cl)c1. The van der Waals surface area contributed by atoms with Crippen molar-refractivity contribution in [2.45, 2.75) is 57.0 Å². The number of halogens is 2. The summed E-state index contributed by atoms with van der Waals surface area (Å²) >= 11 is 6.12. The topological polar surface area (TPSA) is 141 Å². The molecule has 236 valence electrons. The monoisotopic (exact) mass is 635 g/mol. The average Bonchev–Trinajstić information content (AvgIpc) is 3.74. The Balaban J connectivity index is 1.38. The molecule has 6 rings (SSSR count). The number of hydrogen-bond donors (Lipinski definition) is 3. The Labute approximate surface area is 264 Å². The Morgan fingerprint density at radius 3 is 2.58 bits per heavy atom. The number of pyridine rings is 2. The number of amides is 2. The second-order valence-corrected chi connectivity index (χ2v) is 12.2. The van der Waals surface area contributed by atoms with E-state index in [1.807, 2.05) is 6.20 Å². The predicted molar refractivity (Wildman–Crippen MR) is 166 cm³/mol. The lowest BCUT2D eigenvalue weighted by molar-refractivity contribution is -0.117. The van der Waals surface area contributed by atoms with Gasteiger partial charge in [-0.3, -0.25) is 9.59 Å². The van der Waals surface area contributed by atoms with E-state index in [9.17, 15) is 19.1 Å². The molecule has 45 heavy (non-hydrogen) atoms. The number of rotatable bonds is 12. The van der Waals surface area contributed by atoms with Crippen LogP contribution in [0, 0.1) is 11.7 Å². The minimum Gasteiger partial charge on any atom is -0.493 e. The molecule has 1 aromatic carbocycles. The lowest BCUT2D eigenvalue weighted by Crippen LogP contribution is -2.49. The molecule has 0 spiro atoms. The number of nitrogens with one attached hydrogen (secondary N) is 1. The Hall–Kier alpha value is -4.22. The summed E-state index contributed by atoms with van der Waals surface area (Å²) < 4.78 is 27.4. The number of ether oxygens (including phenoxy) is 2. The standard InChI is InChI=1S/C33H35ClFN5O5/c1-3-45-30-20(14-28(36)41)13-27(39-29(30)19-9-10-24(35)23(34)11-19)33(43,22-5-4-6-22)17-37-32(42)21-12-26(44-2)31-38-25(18-7-8-18)16-40(31)15-21/h9-13,15-16,18,22,43H,3-8,14,17H2,1-2H3,(H2,36,41)(H,37,42)/t33-/m1/s1. The molecule has 0 radical (unpaired) electrons. The molecule has 10 nitrogen and oxygen atoms in total. The Morgan fingerprint density at radius 2 is 1.96 bits per heavy atom. The van der Waals surface area contributed by atoms with Crippen LogP contribution < -0.4 is 20.5 Å². The van der Waals surface area contributed by atoms with Crippen molar-refractivity contribution in [3.05, 3.63) is 76.1 Å². The first kappa shape index (κ1) is 30.8. The molecule has 12 heteroatoms. The molecule has 4 aromatic rings. The van der Waals surface area contributed by atoms with Gasteiger partial charge in [-0.2, -0.15) is 0 Å². The van der Waals surface area contributed by atoms with E-state index in [2.05, 4.69) is 5.32 Å². The second kappa shape index (κ2) is 12.3. The van der Waals surface area contributed by atoms with Gasteiger partial charge >= 0.3 is 0 Å². The van der Waals surface area contributed by atoms with E-state index in [0.29, 0.717) is 46.8 Å². The number of imidazole rings is 1. The van der Waals surface area contributed by atoms with Crippen LogP contribution in [0.15, 0.2) is 42.7 Å². The van der Waals surface area contributed by atoms with Gasteiger partial charge in [0.15, 0.2) is 11.4 Å². The van der Waals surface area contributed by atoms with Crippen LogP contribution in [0.5, 0.6) is 11.5 Å². The highest BCUT2D eigenvalue weighted by molar-refractivity contribution is 6.31. The van der Waals surface area contributed by atoms with Gasteiger partial charge in [0.1, 0.15) is 22.9 Å². The van der Waals surface area contributed by atoms with Crippen molar-refractivity contribution in [2.75, 3.05) is 20.3 Å². The van der Waals surface area contributed by atoms with Gasteiger partial charge in [-0.1, -0.05) is 18.0 Å². The first-order valence-corrected chi connectivity index (χ1v) is 15.5. The molecule has 2 amide bonds. The zero-order valence-electron chi connectivity index (χ0n) is 25.1. The van der Waals surface area contributed by atoms with Crippen molar-refractivity contribution < 1.29 is 28.6 Å². The van der Waals surface area contributed by atoms with E-state index >= 15 is 0 Å². The van der Waals surface area contributed by atoms with Gasteiger partial charge < -0.3 is 30.0 Å². The maximum absolute atomic E-state index is 14.1. The number of nitrogens with zero attached hydrogens (tertiary/aromatic N) is 3. The first-order chi connectivity index (χ1) is 21.6. The number of carbonyl (C=O) groups excluding carboxylic acids is 2. The summed E-state index contributed by atoms with van der Waals surface area (Å²) in [5, 5.41) is 15.1. The fourth-order valence-corrected chi connectivity index (χ4v) is 6.04. The number of nitrogens with two attached hydrogens (primary N) is 1. The zero-order valence-corrected chi connectivity index (χ0v) is 25.9. The smallest absolute Gasteiger partial charge is 0.253 e. The highest BCUT2D eigenvalue weighted by Gasteiger charge is 2.44. The fraction of sp³-hybridized carbons (Fsp3) is 0.394. The van der Waals surface area contributed by atoms with Crippen LogP contribution >= 0.6 is 11.6 Å². The summed E-state index contributed by atoms with van der Waals surface area (Å²) in [5.41, 5.74) is 7.30. The molecule has 1 atom stereocenters. The summed E-state index contributed by atoms with van der Waals surface area (Å²) in [6, 6.07) is 7.37. The minimum atomic E-state index is -1.61. The van der Waals surface area contributed by atoms with Gasteiger partial charge in [-0.05, 0) is 68.9 Å². The van der Waals surface area contributed by atoms with Crippen molar-refractivity contribution in [1.29, 1.82) is 0 Å². The number of benzene rings is 1. The van der Waals surface area contributed by atoms with Gasteiger partial charge in [0.05, 0.1) is 48.7 Å². The highest BCUT2D eigenvalue weighted by Crippen LogP contribution is 2.45. The minimum absolute atomic E-state index is 0.116. The Bertz CT molecular complexity index is 1790. The molecule has 2 fully saturated rings. The van der Waals surface area contributed by atoms with E-state index in [4.69, 9.17) is 36.8 Å². The fourth-order valence-electron chi connectivity index (χ4n) is 5.85. The van der Waals surface area contributed by atoms with Gasteiger partial charge in [-0.15, -0.1) is 0 Å². The van der Waals surface area contributed by atoms with Crippen molar-refractivity contribution >= 4 is 29.1 Å². The van der Waals surface area contributed by atoms with Crippen LogP contribution in [0.3, 0.4) is 0 Å². The molecule has 3 heterocycles.